The molecular weight excluding hydrogens is 432 g/mol. The fraction of sp³-hybridized carbons (Fsp3) is 0.200. The van der Waals surface area contributed by atoms with Gasteiger partial charge in [-0.2, -0.15) is 5.26 Å². The average molecular weight is 457 g/mol. The van der Waals surface area contributed by atoms with Crippen molar-refractivity contribution in [2.45, 2.75) is 17.9 Å². The number of nitrogens with one attached hydrogen (secondary N) is 2. The van der Waals surface area contributed by atoms with E-state index in [4.69, 9.17) is 0 Å². The quantitative estimate of drug-likeness (QED) is 0.472. The van der Waals surface area contributed by atoms with Crippen LogP contribution in [0.1, 0.15) is 12.5 Å². The zero-order valence-electron chi connectivity index (χ0n) is 18.2. The molecule has 2 N–H and O–H groups in total. The molecule has 0 radical (unpaired) electrons. The van der Waals surface area contributed by atoms with Crippen molar-refractivity contribution in [1.29, 1.82) is 5.26 Å². The summed E-state index contributed by atoms with van der Waals surface area (Å²) in [5.41, 5.74) is 3.33. The lowest BCUT2D eigenvalue weighted by Crippen LogP contribution is -2.49. The second kappa shape index (κ2) is 9.06. The minimum Gasteiger partial charge on any atom is -0.366 e. The topological polar surface area (TPSA) is 86.0 Å². The molecule has 166 valence electrons. The third-order valence-corrected chi connectivity index (χ3v) is 7.29. The van der Waals surface area contributed by atoms with Crippen LogP contribution in [0, 0.1) is 11.3 Å². The van der Waals surface area contributed by atoms with Crippen LogP contribution < -0.4 is 15.5 Å². The third kappa shape index (κ3) is 4.21. The molecule has 0 saturated carbocycles. The van der Waals surface area contributed by atoms with Crippen LogP contribution in [0.15, 0.2) is 78.0 Å². The number of nitrogens with zero attached hydrogens (tertiary/aromatic N) is 4. The summed E-state index contributed by atoms with van der Waals surface area (Å²) < 4.78 is 14.9. The predicted molar refractivity (Wildman–Crippen MR) is 132 cm³/mol. The predicted octanol–water partition coefficient (Wildman–Crippen LogP) is 4.02. The molecule has 5 rings (SSSR count). The van der Waals surface area contributed by atoms with Crippen molar-refractivity contribution >= 4 is 39.1 Å². The van der Waals surface area contributed by atoms with Gasteiger partial charge in [0.2, 0.25) is 0 Å². The molecule has 2 atom stereocenters. The van der Waals surface area contributed by atoms with Crippen molar-refractivity contribution in [1.82, 2.24) is 14.3 Å². The number of rotatable bonds is 5. The Balaban J connectivity index is 1.40. The highest BCUT2D eigenvalue weighted by Gasteiger charge is 2.18. The van der Waals surface area contributed by atoms with Gasteiger partial charge >= 0.3 is 0 Å². The van der Waals surface area contributed by atoms with Gasteiger partial charge in [-0.25, -0.2) is 9.19 Å². The van der Waals surface area contributed by atoms with Gasteiger partial charge in [-0.05, 0) is 49.4 Å². The zero-order chi connectivity index (χ0) is 22.8. The Hall–Kier alpha value is -3.67. The summed E-state index contributed by atoms with van der Waals surface area (Å²) in [4.78, 5) is 7.41. The highest BCUT2D eigenvalue weighted by molar-refractivity contribution is 7.83. The number of piperazine rings is 1. The minimum atomic E-state index is -1.54. The molecule has 1 unspecified atom stereocenters. The van der Waals surface area contributed by atoms with Gasteiger partial charge in [0.05, 0.1) is 16.0 Å². The van der Waals surface area contributed by atoms with E-state index in [-0.39, 0.29) is 0 Å². The second-order valence-corrected chi connectivity index (χ2v) is 9.38. The maximum Gasteiger partial charge on any atom is 0.158 e. The van der Waals surface area contributed by atoms with Crippen LogP contribution in [0.5, 0.6) is 0 Å². The molecule has 1 aliphatic heterocycles. The molecule has 3 heterocycles. The Kier molecular flexibility index (Phi) is 5.82. The fourth-order valence-electron chi connectivity index (χ4n) is 4.14. The molecule has 0 aliphatic carbocycles. The van der Waals surface area contributed by atoms with E-state index >= 15 is 0 Å². The Morgan fingerprint density at radius 2 is 2.00 bits per heavy atom. The monoisotopic (exact) mass is 456 g/mol. The van der Waals surface area contributed by atoms with E-state index in [2.05, 4.69) is 57.8 Å². The van der Waals surface area contributed by atoms with Crippen molar-refractivity contribution in [2.75, 3.05) is 29.9 Å². The van der Waals surface area contributed by atoms with Gasteiger partial charge in [0, 0.05) is 60.9 Å². The number of fused-ring (bicyclic) bond motifs is 1. The van der Waals surface area contributed by atoms with E-state index in [0.717, 1.165) is 36.2 Å². The zero-order valence-corrected chi connectivity index (χ0v) is 19.0. The summed E-state index contributed by atoms with van der Waals surface area (Å²) in [5, 5.41) is 17.0. The summed E-state index contributed by atoms with van der Waals surface area (Å²) in [6.07, 6.45) is 3.53. The van der Waals surface area contributed by atoms with Gasteiger partial charge in [0.25, 0.3) is 0 Å². The van der Waals surface area contributed by atoms with Crippen molar-refractivity contribution in [2.24, 2.45) is 0 Å². The Labute approximate surface area is 195 Å². The molecular formula is C25H24N6OS. The number of aromatic nitrogens is 2. The van der Waals surface area contributed by atoms with Crippen molar-refractivity contribution in [3.63, 3.8) is 0 Å². The van der Waals surface area contributed by atoms with E-state index in [1.807, 2.05) is 12.1 Å². The van der Waals surface area contributed by atoms with Gasteiger partial charge in [0.15, 0.2) is 11.0 Å². The average Bonchev–Trinajstić information content (AvgIpc) is 3.28. The first kappa shape index (κ1) is 21.2. The SMILES string of the molecule is C[C@H]1CNCCN1c1ccc(Nc2cc3c(ccn3S(=O)c3ccccc3C#N)cn2)cc1. The molecule has 2 aromatic heterocycles. The molecule has 1 saturated heterocycles. The van der Waals surface area contributed by atoms with Crippen LogP contribution in [0.25, 0.3) is 10.9 Å². The van der Waals surface area contributed by atoms with Crippen LogP contribution in [0.4, 0.5) is 17.2 Å². The largest absolute Gasteiger partial charge is 0.366 e. The van der Waals surface area contributed by atoms with Gasteiger partial charge in [-0.3, -0.25) is 3.97 Å². The van der Waals surface area contributed by atoms with Crippen molar-refractivity contribution < 1.29 is 4.21 Å². The van der Waals surface area contributed by atoms with Gasteiger partial charge in [-0.1, -0.05) is 12.1 Å². The summed E-state index contributed by atoms with van der Waals surface area (Å²) in [5.74, 6) is 0.663. The Morgan fingerprint density at radius 1 is 1.18 bits per heavy atom. The van der Waals surface area contributed by atoms with E-state index in [9.17, 15) is 9.47 Å². The lowest BCUT2D eigenvalue weighted by Gasteiger charge is -2.36. The maximum atomic E-state index is 13.3. The number of nitriles is 1. The molecule has 0 bridgehead atoms. The number of pyridine rings is 1. The highest BCUT2D eigenvalue weighted by atomic mass is 32.2. The normalized spacial score (nSPS) is 17.0. The highest BCUT2D eigenvalue weighted by Crippen LogP contribution is 2.26. The van der Waals surface area contributed by atoms with Crippen LogP contribution in [-0.2, 0) is 11.0 Å². The van der Waals surface area contributed by atoms with E-state index in [0.29, 0.717) is 22.3 Å². The van der Waals surface area contributed by atoms with E-state index in [1.54, 1.807) is 40.6 Å². The summed E-state index contributed by atoms with van der Waals surface area (Å²) in [6, 6.07) is 21.7. The smallest absolute Gasteiger partial charge is 0.158 e. The Morgan fingerprint density at radius 3 is 2.79 bits per heavy atom. The molecule has 0 spiro atoms. The molecule has 2 aromatic carbocycles. The van der Waals surface area contributed by atoms with Crippen LogP contribution in [-0.4, -0.2) is 38.8 Å². The summed E-state index contributed by atoms with van der Waals surface area (Å²) >= 11 is 0. The molecule has 8 heteroatoms. The van der Waals surface area contributed by atoms with Crippen LogP contribution >= 0.6 is 0 Å². The summed E-state index contributed by atoms with van der Waals surface area (Å²) in [7, 11) is -1.54. The number of hydrogen-bond donors (Lipinski definition) is 2. The second-order valence-electron chi connectivity index (χ2n) is 8.05. The van der Waals surface area contributed by atoms with Crippen LogP contribution in [0.3, 0.4) is 0 Å². The molecule has 1 fully saturated rings. The lowest BCUT2D eigenvalue weighted by molar-refractivity contribution is 0.501. The third-order valence-electron chi connectivity index (χ3n) is 5.89. The van der Waals surface area contributed by atoms with Gasteiger partial charge in [-0.15, -0.1) is 0 Å². The maximum absolute atomic E-state index is 13.3. The molecule has 7 nitrogen and oxygen atoms in total. The van der Waals surface area contributed by atoms with Gasteiger partial charge in [0.1, 0.15) is 11.9 Å². The Bertz CT molecular complexity index is 1360. The standard InChI is InChI=1S/C25H24N6OS/c1-18-16-27-11-13-30(18)22-8-6-21(7-9-22)29-25-14-23-20(17-28-25)10-12-31(23)33(32)24-5-3-2-4-19(24)15-26/h2-10,12,14,17-18,27H,11,13,16H2,1H3,(H,28,29)/t18-,33?/m0/s1. The fourth-order valence-corrected chi connectivity index (χ4v) is 5.36. The summed E-state index contributed by atoms with van der Waals surface area (Å²) in [6.45, 7) is 5.21. The number of benzene rings is 2. The first-order valence-corrected chi connectivity index (χ1v) is 12.0. The van der Waals surface area contributed by atoms with E-state index in [1.165, 1.54) is 5.69 Å². The van der Waals surface area contributed by atoms with Crippen LogP contribution in [0.2, 0.25) is 0 Å². The lowest BCUT2D eigenvalue weighted by atomic mass is 10.1. The number of anilines is 3. The van der Waals surface area contributed by atoms with Crippen molar-refractivity contribution in [3.05, 3.63) is 78.6 Å². The first-order chi connectivity index (χ1) is 16.1. The molecule has 4 aromatic rings. The van der Waals surface area contributed by atoms with Crippen molar-refractivity contribution in [3.8, 4) is 6.07 Å². The molecule has 1 aliphatic rings. The van der Waals surface area contributed by atoms with Gasteiger partial charge < -0.3 is 15.5 Å². The minimum absolute atomic E-state index is 0.406. The number of hydrogen-bond acceptors (Lipinski definition) is 6. The molecule has 33 heavy (non-hydrogen) atoms. The van der Waals surface area contributed by atoms with E-state index < -0.39 is 11.0 Å². The molecule has 0 amide bonds. The first-order valence-electron chi connectivity index (χ1n) is 10.9.